The molecule has 2 aliphatic rings. The number of nitrogens with one attached hydrogen (secondary N) is 1. The van der Waals surface area contributed by atoms with E-state index < -0.39 is 0 Å². The predicted molar refractivity (Wildman–Crippen MR) is 96.9 cm³/mol. The summed E-state index contributed by atoms with van der Waals surface area (Å²) in [5.74, 6) is 2.04. The van der Waals surface area contributed by atoms with Gasteiger partial charge >= 0.3 is 0 Å². The van der Waals surface area contributed by atoms with Crippen LogP contribution in [0.2, 0.25) is 0 Å². The smallest absolute Gasteiger partial charge is 0.161 e. The fourth-order valence-corrected chi connectivity index (χ4v) is 3.67. The average molecular weight is 331 g/mol. The van der Waals surface area contributed by atoms with E-state index in [0.29, 0.717) is 5.92 Å². The van der Waals surface area contributed by atoms with Gasteiger partial charge in [0.1, 0.15) is 0 Å². The summed E-state index contributed by atoms with van der Waals surface area (Å²) in [6.45, 7) is 9.68. The number of hydrogen-bond donors (Lipinski definition) is 1. The highest BCUT2D eigenvalue weighted by Gasteiger charge is 2.37. The van der Waals surface area contributed by atoms with E-state index >= 15 is 0 Å². The van der Waals surface area contributed by atoms with Crippen LogP contribution in [-0.4, -0.2) is 43.5 Å². The number of hydrazone groups is 1. The molecule has 132 valence electrons. The molecular weight excluding hydrogens is 302 g/mol. The van der Waals surface area contributed by atoms with Gasteiger partial charge in [-0.25, -0.2) is 0 Å². The number of ether oxygens (including phenoxy) is 2. The lowest BCUT2D eigenvalue weighted by atomic mass is 9.86. The van der Waals surface area contributed by atoms with E-state index in [1.165, 1.54) is 24.2 Å². The van der Waals surface area contributed by atoms with Crippen LogP contribution >= 0.6 is 0 Å². The van der Waals surface area contributed by atoms with E-state index in [1.807, 2.05) is 19.9 Å². The number of benzene rings is 1. The lowest BCUT2D eigenvalue weighted by Gasteiger charge is -2.33. The Morgan fingerprint density at radius 2 is 2.17 bits per heavy atom. The summed E-state index contributed by atoms with van der Waals surface area (Å²) in [5, 5.41) is 4.61. The third-order valence-electron chi connectivity index (χ3n) is 4.77. The molecule has 24 heavy (non-hydrogen) atoms. The van der Waals surface area contributed by atoms with Crippen LogP contribution in [-0.2, 0) is 0 Å². The highest BCUT2D eigenvalue weighted by Crippen LogP contribution is 2.37. The Balaban J connectivity index is 1.81. The molecule has 2 unspecified atom stereocenters. The van der Waals surface area contributed by atoms with Crippen LogP contribution in [0.4, 0.5) is 0 Å². The average Bonchev–Trinajstić information content (AvgIpc) is 2.98. The minimum atomic E-state index is 0.118. The molecule has 1 aromatic rings. The van der Waals surface area contributed by atoms with Gasteiger partial charge in [0.05, 0.1) is 19.3 Å². The van der Waals surface area contributed by atoms with Crippen molar-refractivity contribution in [3.8, 4) is 11.5 Å². The zero-order chi connectivity index (χ0) is 17.1. The van der Waals surface area contributed by atoms with Crippen LogP contribution in [0.15, 0.2) is 23.3 Å². The van der Waals surface area contributed by atoms with Crippen molar-refractivity contribution >= 4 is 5.71 Å². The Bertz CT molecular complexity index is 600. The monoisotopic (exact) mass is 331 g/mol. The lowest BCUT2D eigenvalue weighted by molar-refractivity contribution is 0.224. The molecule has 0 bridgehead atoms. The topological polar surface area (TPSA) is 46.1 Å². The normalized spacial score (nSPS) is 23.6. The van der Waals surface area contributed by atoms with Gasteiger partial charge < -0.3 is 19.8 Å². The van der Waals surface area contributed by atoms with Gasteiger partial charge in [0.15, 0.2) is 11.5 Å². The summed E-state index contributed by atoms with van der Waals surface area (Å²) in [7, 11) is 1.68. The quantitative estimate of drug-likeness (QED) is 0.869. The molecule has 5 nitrogen and oxygen atoms in total. The zero-order valence-corrected chi connectivity index (χ0v) is 15.2. The summed E-state index contributed by atoms with van der Waals surface area (Å²) in [6.07, 6.45) is 2.39. The van der Waals surface area contributed by atoms with Gasteiger partial charge in [-0.05, 0) is 44.5 Å². The number of piperidine rings is 1. The van der Waals surface area contributed by atoms with Crippen molar-refractivity contribution in [2.75, 3.05) is 26.7 Å². The second-order valence-corrected chi connectivity index (χ2v) is 6.94. The predicted octanol–water partition coefficient (Wildman–Crippen LogP) is 3.21. The molecule has 1 N–H and O–H groups in total. The number of nitrogens with zero attached hydrogens (tertiary/aromatic N) is 2. The summed E-state index contributed by atoms with van der Waals surface area (Å²) in [4.78, 5) is 2.55. The second-order valence-electron chi connectivity index (χ2n) is 6.94. The van der Waals surface area contributed by atoms with Crippen LogP contribution in [0, 0.1) is 5.92 Å². The molecular formula is C19H29N3O2. The first-order valence-corrected chi connectivity index (χ1v) is 9.01. The minimum absolute atomic E-state index is 0.118. The molecule has 0 aromatic heterocycles. The van der Waals surface area contributed by atoms with Gasteiger partial charge in [0.2, 0.25) is 0 Å². The molecule has 3 rings (SSSR count). The SMILES string of the molecule is CCCN1CCC2=NNC(c3ccc(OC)c(OC(C)C)c3)C2C1. The van der Waals surface area contributed by atoms with Gasteiger partial charge in [-0.15, -0.1) is 0 Å². The maximum atomic E-state index is 5.93. The molecule has 5 heteroatoms. The largest absolute Gasteiger partial charge is 0.493 e. The Morgan fingerprint density at radius 3 is 2.88 bits per heavy atom. The van der Waals surface area contributed by atoms with E-state index in [9.17, 15) is 0 Å². The van der Waals surface area contributed by atoms with Crippen LogP contribution in [0.25, 0.3) is 0 Å². The number of likely N-dealkylation sites (tertiary alicyclic amines) is 1. The molecule has 1 saturated heterocycles. The van der Waals surface area contributed by atoms with E-state index in [1.54, 1.807) is 7.11 Å². The van der Waals surface area contributed by atoms with Crippen molar-refractivity contribution in [3.05, 3.63) is 23.8 Å². The number of hydrogen-bond acceptors (Lipinski definition) is 5. The van der Waals surface area contributed by atoms with Crippen LogP contribution in [0.5, 0.6) is 11.5 Å². The standard InChI is InChI=1S/C19H29N3O2/c1-5-9-22-10-8-16-15(12-22)19(21-20-16)14-6-7-17(23-4)18(11-14)24-13(2)3/h6-7,11,13,15,19,21H,5,8-10,12H2,1-4H3. The van der Waals surface area contributed by atoms with Crippen molar-refractivity contribution in [1.29, 1.82) is 0 Å². The first-order chi connectivity index (χ1) is 11.6. The summed E-state index contributed by atoms with van der Waals surface area (Å²) < 4.78 is 11.4. The Kier molecular flexibility index (Phi) is 5.29. The van der Waals surface area contributed by atoms with Gasteiger partial charge in [-0.3, -0.25) is 0 Å². The molecule has 1 aromatic carbocycles. The first kappa shape index (κ1) is 17.1. The number of fused-ring (bicyclic) bond motifs is 1. The van der Waals surface area contributed by atoms with Crippen molar-refractivity contribution in [2.45, 2.75) is 45.8 Å². The van der Waals surface area contributed by atoms with Crippen LogP contribution in [0.1, 0.15) is 45.2 Å². The maximum Gasteiger partial charge on any atom is 0.161 e. The Hall–Kier alpha value is -1.75. The molecule has 0 saturated carbocycles. The minimum Gasteiger partial charge on any atom is -0.493 e. The fourth-order valence-electron chi connectivity index (χ4n) is 3.67. The molecule has 0 spiro atoms. The van der Waals surface area contributed by atoms with Crippen LogP contribution in [0.3, 0.4) is 0 Å². The molecule has 2 atom stereocenters. The summed E-state index contributed by atoms with van der Waals surface area (Å²) >= 11 is 0. The van der Waals surface area contributed by atoms with E-state index in [4.69, 9.17) is 9.47 Å². The van der Waals surface area contributed by atoms with Crippen LogP contribution < -0.4 is 14.9 Å². The van der Waals surface area contributed by atoms with Gasteiger partial charge in [-0.2, -0.15) is 5.10 Å². The summed E-state index contributed by atoms with van der Waals surface area (Å²) in [6, 6.07) is 6.45. The molecule has 0 amide bonds. The van der Waals surface area contributed by atoms with Crippen molar-refractivity contribution in [1.82, 2.24) is 10.3 Å². The van der Waals surface area contributed by atoms with E-state index in [0.717, 1.165) is 31.0 Å². The highest BCUT2D eigenvalue weighted by atomic mass is 16.5. The van der Waals surface area contributed by atoms with E-state index in [2.05, 4.69) is 34.5 Å². The molecule has 2 heterocycles. The Morgan fingerprint density at radius 1 is 1.33 bits per heavy atom. The molecule has 2 aliphatic heterocycles. The second kappa shape index (κ2) is 7.43. The molecule has 0 radical (unpaired) electrons. The number of rotatable bonds is 6. The lowest BCUT2D eigenvalue weighted by Crippen LogP contribution is -2.42. The zero-order valence-electron chi connectivity index (χ0n) is 15.2. The van der Waals surface area contributed by atoms with Crippen molar-refractivity contribution in [3.63, 3.8) is 0 Å². The fraction of sp³-hybridized carbons (Fsp3) is 0.632. The maximum absolute atomic E-state index is 5.93. The third kappa shape index (κ3) is 3.51. The van der Waals surface area contributed by atoms with Gasteiger partial charge in [0, 0.05) is 31.1 Å². The summed E-state index contributed by atoms with van der Waals surface area (Å²) in [5.41, 5.74) is 5.89. The number of methoxy groups -OCH3 is 1. The third-order valence-corrected chi connectivity index (χ3v) is 4.77. The highest BCUT2D eigenvalue weighted by molar-refractivity contribution is 5.90. The van der Waals surface area contributed by atoms with Crippen molar-refractivity contribution < 1.29 is 9.47 Å². The van der Waals surface area contributed by atoms with Crippen molar-refractivity contribution in [2.24, 2.45) is 11.0 Å². The molecule has 0 aliphatic carbocycles. The van der Waals surface area contributed by atoms with E-state index in [-0.39, 0.29) is 12.1 Å². The first-order valence-electron chi connectivity index (χ1n) is 9.01. The van der Waals surface area contributed by atoms with Gasteiger partial charge in [0.25, 0.3) is 0 Å². The Labute approximate surface area is 145 Å². The molecule has 1 fully saturated rings. The van der Waals surface area contributed by atoms with Gasteiger partial charge in [-0.1, -0.05) is 13.0 Å².